The summed E-state index contributed by atoms with van der Waals surface area (Å²) >= 11 is 1.19. The van der Waals surface area contributed by atoms with E-state index < -0.39 is 23.5 Å². The number of carboxylic acid groups (broad SMARTS) is 1. The molecule has 0 fully saturated rings. The molecule has 1 atom stereocenters. The van der Waals surface area contributed by atoms with E-state index in [0.717, 1.165) is 21.8 Å². The molecule has 37 heavy (non-hydrogen) atoms. The molecule has 0 bridgehead atoms. The monoisotopic (exact) mass is 535 g/mol. The number of thioether (sulfide) groups is 1. The molecule has 194 valence electrons. The molecule has 0 saturated heterocycles. The Bertz CT molecular complexity index is 1350. The van der Waals surface area contributed by atoms with Gasteiger partial charge in [0.1, 0.15) is 11.5 Å². The zero-order valence-electron chi connectivity index (χ0n) is 19.6. The van der Waals surface area contributed by atoms with E-state index in [1.54, 1.807) is 24.5 Å². The number of anilines is 2. The first-order valence-electron chi connectivity index (χ1n) is 10.4. The molecule has 0 radical (unpaired) electrons. The third-order valence-corrected chi connectivity index (χ3v) is 5.84. The van der Waals surface area contributed by atoms with Crippen molar-refractivity contribution in [2.75, 3.05) is 25.8 Å². The quantitative estimate of drug-likeness (QED) is 0.450. The number of nitrogens with one attached hydrogen (secondary N) is 1. The number of amides is 1. The first-order chi connectivity index (χ1) is 17.6. The van der Waals surface area contributed by atoms with Crippen LogP contribution in [-0.2, 0) is 6.18 Å². The van der Waals surface area contributed by atoms with Crippen LogP contribution in [0.1, 0.15) is 11.3 Å². The van der Waals surface area contributed by atoms with Gasteiger partial charge in [0.15, 0.2) is 17.0 Å². The summed E-state index contributed by atoms with van der Waals surface area (Å²) in [5, 5.41) is 16.2. The smallest absolute Gasteiger partial charge is 0.435 e. The molecule has 2 aromatic heterocycles. The van der Waals surface area contributed by atoms with Gasteiger partial charge in [0.2, 0.25) is 5.95 Å². The van der Waals surface area contributed by atoms with Gasteiger partial charge in [0.05, 0.1) is 14.2 Å². The number of nitrogens with zero attached hydrogens (tertiary/aromatic N) is 6. The molecule has 0 saturated carbocycles. The van der Waals surface area contributed by atoms with Gasteiger partial charge < -0.3 is 19.9 Å². The van der Waals surface area contributed by atoms with E-state index in [9.17, 15) is 23.1 Å². The molecule has 4 rings (SSSR count). The maximum absolute atomic E-state index is 13.3. The Morgan fingerprint density at radius 3 is 2.46 bits per heavy atom. The van der Waals surface area contributed by atoms with E-state index in [2.05, 4.69) is 25.4 Å². The molecule has 3 aromatic rings. The molecule has 1 aromatic carbocycles. The Morgan fingerprint density at radius 2 is 1.89 bits per heavy atom. The van der Waals surface area contributed by atoms with Crippen LogP contribution in [-0.4, -0.2) is 68.0 Å². The Hall–Kier alpha value is -4.27. The second kappa shape index (κ2) is 10.4. The molecule has 0 aliphatic carbocycles. The summed E-state index contributed by atoms with van der Waals surface area (Å²) in [6.07, 6.45) is 0.945. The highest BCUT2D eigenvalue weighted by Crippen LogP contribution is 2.32. The molecule has 2 N–H and O–H groups in total. The largest absolute Gasteiger partial charge is 0.497 e. The second-order valence-electron chi connectivity index (χ2n) is 7.41. The SMILES string of the molecule is COc1cc(Nc2ncc(C3=CN(C(=O)O)C(SC)N=C3)c(-n3ccc(C(F)(F)F)n3)n2)cc(OC)c1. The molecule has 0 spiro atoms. The first kappa shape index (κ1) is 25.8. The summed E-state index contributed by atoms with van der Waals surface area (Å²) in [6, 6.07) is 5.77. The number of carbonyl (C=O) groups is 1. The average molecular weight is 536 g/mol. The lowest BCUT2D eigenvalue weighted by Crippen LogP contribution is -2.34. The van der Waals surface area contributed by atoms with E-state index in [1.807, 2.05) is 0 Å². The molecule has 11 nitrogen and oxygen atoms in total. The standard InChI is InChI=1S/C22H20F3N7O4S/c1-35-14-6-13(7-15(8-14)36-2)28-19-26-10-16(12-9-27-20(37-3)31(11-12)21(33)34)18(29-19)32-5-4-17(30-32)22(23,24)25/h4-11,20H,1-3H3,(H,33,34)(H,26,28,29). The van der Waals surface area contributed by atoms with Crippen molar-refractivity contribution >= 4 is 41.3 Å². The fourth-order valence-electron chi connectivity index (χ4n) is 3.34. The Balaban J connectivity index is 1.80. The van der Waals surface area contributed by atoms with Crippen molar-refractivity contribution in [2.24, 2.45) is 4.99 Å². The highest BCUT2D eigenvalue weighted by Gasteiger charge is 2.34. The normalized spacial score (nSPS) is 15.4. The number of rotatable bonds is 7. The van der Waals surface area contributed by atoms with E-state index in [0.29, 0.717) is 17.2 Å². The van der Waals surface area contributed by atoms with Gasteiger partial charge in [-0.1, -0.05) is 0 Å². The molecular formula is C22H20F3N7O4S. The lowest BCUT2D eigenvalue weighted by molar-refractivity contribution is -0.141. The minimum Gasteiger partial charge on any atom is -0.497 e. The number of benzene rings is 1. The predicted molar refractivity (Wildman–Crippen MR) is 131 cm³/mol. The van der Waals surface area contributed by atoms with Gasteiger partial charge in [-0.15, -0.1) is 11.8 Å². The first-order valence-corrected chi connectivity index (χ1v) is 11.7. The fraction of sp³-hybridized carbons (Fsp3) is 0.227. The zero-order chi connectivity index (χ0) is 26.7. The number of halogens is 3. The van der Waals surface area contributed by atoms with Crippen LogP contribution >= 0.6 is 11.8 Å². The molecule has 1 unspecified atom stereocenters. The summed E-state index contributed by atoms with van der Waals surface area (Å²) in [7, 11) is 2.97. The second-order valence-corrected chi connectivity index (χ2v) is 8.31. The number of methoxy groups -OCH3 is 2. The van der Waals surface area contributed by atoms with Crippen molar-refractivity contribution < 1.29 is 32.5 Å². The topological polar surface area (TPSA) is 127 Å². The van der Waals surface area contributed by atoms with Crippen molar-refractivity contribution in [1.82, 2.24) is 24.6 Å². The Kier molecular flexibility index (Phi) is 7.24. The molecule has 1 amide bonds. The summed E-state index contributed by atoms with van der Waals surface area (Å²) < 4.78 is 51.2. The van der Waals surface area contributed by atoms with Crippen LogP contribution in [0.15, 0.2) is 47.9 Å². The van der Waals surface area contributed by atoms with Crippen LogP contribution < -0.4 is 14.8 Å². The van der Waals surface area contributed by atoms with E-state index in [-0.39, 0.29) is 22.9 Å². The third-order valence-electron chi connectivity index (χ3n) is 5.07. The Labute approximate surface area is 212 Å². The van der Waals surface area contributed by atoms with E-state index in [4.69, 9.17) is 9.47 Å². The number of aliphatic imine (C=N–C) groups is 1. The number of alkyl halides is 3. The van der Waals surface area contributed by atoms with Crippen LogP contribution in [0.4, 0.5) is 29.6 Å². The van der Waals surface area contributed by atoms with Gasteiger partial charge in [-0.25, -0.2) is 14.5 Å². The van der Waals surface area contributed by atoms with Gasteiger partial charge in [-0.3, -0.25) is 9.89 Å². The highest BCUT2D eigenvalue weighted by atomic mass is 32.2. The summed E-state index contributed by atoms with van der Waals surface area (Å²) in [6.45, 7) is 0. The van der Waals surface area contributed by atoms with Gasteiger partial charge in [-0.05, 0) is 12.3 Å². The van der Waals surface area contributed by atoms with Crippen molar-refractivity contribution in [1.29, 1.82) is 0 Å². The summed E-state index contributed by atoms with van der Waals surface area (Å²) in [4.78, 5) is 25.6. The van der Waals surface area contributed by atoms with E-state index in [1.165, 1.54) is 44.6 Å². The van der Waals surface area contributed by atoms with Crippen LogP contribution in [0.2, 0.25) is 0 Å². The van der Waals surface area contributed by atoms with E-state index >= 15 is 0 Å². The van der Waals surface area contributed by atoms with Crippen molar-refractivity contribution in [3.63, 3.8) is 0 Å². The van der Waals surface area contributed by atoms with Gasteiger partial charge in [0.25, 0.3) is 0 Å². The number of allylic oxidation sites excluding steroid dienone is 1. The third kappa shape index (κ3) is 5.61. The van der Waals surface area contributed by atoms with Crippen molar-refractivity contribution in [3.05, 3.63) is 54.1 Å². The van der Waals surface area contributed by atoms with Crippen LogP contribution in [0.3, 0.4) is 0 Å². The molecule has 3 heterocycles. The van der Waals surface area contributed by atoms with Gasteiger partial charge in [0, 0.05) is 59.8 Å². The van der Waals surface area contributed by atoms with Gasteiger partial charge >= 0.3 is 12.3 Å². The molecule has 1 aliphatic rings. The molecule has 15 heteroatoms. The summed E-state index contributed by atoms with van der Waals surface area (Å²) in [5.74, 6) is 0.972. The van der Waals surface area contributed by atoms with Crippen LogP contribution in [0.5, 0.6) is 11.5 Å². The number of hydrogen-bond donors (Lipinski definition) is 2. The minimum atomic E-state index is -4.67. The predicted octanol–water partition coefficient (Wildman–Crippen LogP) is 4.49. The zero-order valence-corrected chi connectivity index (χ0v) is 20.4. The number of hydrogen-bond acceptors (Lipinski definition) is 9. The minimum absolute atomic E-state index is 0.0311. The maximum Gasteiger partial charge on any atom is 0.435 e. The molecular weight excluding hydrogens is 515 g/mol. The molecule has 1 aliphatic heterocycles. The van der Waals surface area contributed by atoms with Crippen molar-refractivity contribution in [3.8, 4) is 17.3 Å². The number of ether oxygens (including phenoxy) is 2. The van der Waals surface area contributed by atoms with Crippen LogP contribution in [0.25, 0.3) is 11.4 Å². The average Bonchev–Trinajstić information content (AvgIpc) is 3.39. The van der Waals surface area contributed by atoms with Crippen LogP contribution in [0, 0.1) is 0 Å². The Morgan fingerprint density at radius 1 is 1.19 bits per heavy atom. The highest BCUT2D eigenvalue weighted by molar-refractivity contribution is 7.99. The maximum atomic E-state index is 13.3. The summed E-state index contributed by atoms with van der Waals surface area (Å²) in [5.41, 5.74) is -0.868. The lowest BCUT2D eigenvalue weighted by atomic mass is 10.1. The fourth-order valence-corrected chi connectivity index (χ4v) is 3.90. The van der Waals surface area contributed by atoms with Crippen molar-refractivity contribution in [2.45, 2.75) is 11.7 Å². The number of aromatic nitrogens is 4. The lowest BCUT2D eigenvalue weighted by Gasteiger charge is -2.25. The van der Waals surface area contributed by atoms with Gasteiger partial charge in [-0.2, -0.15) is 23.3 Å².